The number of nitrogens with zero attached hydrogens (tertiary/aromatic N) is 8. The van der Waals surface area contributed by atoms with Crippen LogP contribution in [-0.4, -0.2) is 104 Å². The van der Waals surface area contributed by atoms with Gasteiger partial charge >= 0.3 is 7.82 Å². The number of hydrogen-bond donors (Lipinski definition) is 6. The quantitative estimate of drug-likeness (QED) is 0.118. The van der Waals surface area contributed by atoms with E-state index in [1.54, 1.807) is 0 Å². The van der Waals surface area contributed by atoms with Gasteiger partial charge in [0.2, 0.25) is 5.95 Å². The van der Waals surface area contributed by atoms with Crippen molar-refractivity contribution in [3.05, 3.63) is 19.0 Å². The molecule has 0 radical (unpaired) electrons. The van der Waals surface area contributed by atoms with Crippen LogP contribution in [0.4, 0.5) is 17.6 Å². The fourth-order valence-corrected chi connectivity index (χ4v) is 7.18. The van der Waals surface area contributed by atoms with E-state index in [0.717, 1.165) is 6.33 Å². The molecule has 25 heteroatoms. The predicted molar refractivity (Wildman–Crippen MR) is 143 cm³/mol. The van der Waals surface area contributed by atoms with Crippen molar-refractivity contribution in [3.63, 3.8) is 0 Å². The average Bonchev–Trinajstić information content (AvgIpc) is 3.72. The van der Waals surface area contributed by atoms with E-state index in [-0.39, 0.29) is 39.9 Å². The van der Waals surface area contributed by atoms with Crippen molar-refractivity contribution in [1.29, 1.82) is 0 Å². The molecule has 3 fully saturated rings. The molecule has 9 N–H and O–H groups in total. The number of phosphoric ester groups is 2. The molecule has 7 rings (SSSR count). The van der Waals surface area contributed by atoms with Crippen molar-refractivity contribution in [2.24, 2.45) is 0 Å². The number of nitrogens with two attached hydrogens (primary N) is 3. The van der Waals surface area contributed by atoms with Gasteiger partial charge in [0.1, 0.15) is 54.0 Å². The zero-order valence-electron chi connectivity index (χ0n) is 22.5. The van der Waals surface area contributed by atoms with E-state index in [0.29, 0.717) is 0 Å². The summed E-state index contributed by atoms with van der Waals surface area (Å²) in [6.07, 6.45) is -9.16. The Morgan fingerprint density at radius 3 is 2.22 bits per heavy atom. The highest BCUT2D eigenvalue weighted by Crippen LogP contribution is 2.52. The number of aliphatic hydroxyl groups excluding tert-OH is 2. The molecule has 7 heterocycles. The first kappa shape index (κ1) is 30.2. The molecule has 3 saturated heterocycles. The van der Waals surface area contributed by atoms with Gasteiger partial charge in [0, 0.05) is 0 Å². The maximum atomic E-state index is 13.1. The Labute approximate surface area is 250 Å². The Morgan fingerprint density at radius 1 is 0.800 bits per heavy atom. The lowest BCUT2D eigenvalue weighted by Crippen LogP contribution is -2.37. The number of phosphoric acid groups is 2. The lowest BCUT2D eigenvalue weighted by atomic mass is 10.1. The standard InChI is InChI=1S/C20H25N11O12P2/c21-14-8-16(25-3-24-14)30(4-26-8)18-11(33)12-7(41-18)2-39-45(36,37)43-13-10(32)6(1-38-44(34,35)42-12)40-19(13)31-5-27-9-15(22)28-20(23)29-17(9)31/h3-7,10-13,18-19,32-33H,1-2H2,(H,34,35)(H,36,37)(H2,21,24,25)(H4,22,23,28,29)/p-1/t6-,7-,10+,11?,12+,13?,18-,19-/m1/s1. The first-order chi connectivity index (χ1) is 21.3. The number of aliphatic hydroxyl groups is 2. The number of rotatable bonds is 2. The van der Waals surface area contributed by atoms with Crippen LogP contribution in [0.1, 0.15) is 12.5 Å². The summed E-state index contributed by atoms with van der Waals surface area (Å²) in [6.45, 7) is -1.68. The number of fused-ring (bicyclic) bond motifs is 5. The third-order valence-corrected chi connectivity index (χ3v) is 9.28. The second kappa shape index (κ2) is 10.8. The molecule has 10 atom stereocenters. The zero-order valence-corrected chi connectivity index (χ0v) is 24.3. The highest BCUT2D eigenvalue weighted by atomic mass is 31.2. The normalized spacial score (nSPS) is 37.7. The molecule has 0 saturated carbocycles. The third-order valence-electron chi connectivity index (χ3n) is 7.33. The number of imidazole rings is 2. The van der Waals surface area contributed by atoms with E-state index in [1.807, 2.05) is 0 Å². The molecule has 3 aliphatic heterocycles. The van der Waals surface area contributed by atoms with Crippen LogP contribution in [0.2, 0.25) is 0 Å². The van der Waals surface area contributed by atoms with Crippen molar-refractivity contribution in [3.8, 4) is 0 Å². The van der Waals surface area contributed by atoms with Crippen LogP contribution in [0.15, 0.2) is 19.0 Å². The summed E-state index contributed by atoms with van der Waals surface area (Å²) in [4.78, 5) is 47.7. The van der Waals surface area contributed by atoms with E-state index in [2.05, 4.69) is 29.9 Å². The maximum absolute atomic E-state index is 13.1. The summed E-state index contributed by atoms with van der Waals surface area (Å²) < 4.78 is 60.9. The summed E-state index contributed by atoms with van der Waals surface area (Å²) in [7, 11) is -10.4. The molecule has 3 aliphatic rings. The first-order valence-corrected chi connectivity index (χ1v) is 15.9. The van der Waals surface area contributed by atoms with Gasteiger partial charge in [-0.2, -0.15) is 9.97 Å². The molecule has 0 aliphatic carbocycles. The lowest BCUT2D eigenvalue weighted by molar-refractivity contribution is -0.237. The molecule has 4 aromatic rings. The van der Waals surface area contributed by atoms with Gasteiger partial charge in [0.25, 0.3) is 7.82 Å². The third kappa shape index (κ3) is 5.31. The molecule has 0 aromatic carbocycles. The minimum atomic E-state index is -5.33. The van der Waals surface area contributed by atoms with Crippen molar-refractivity contribution in [2.75, 3.05) is 30.4 Å². The van der Waals surface area contributed by atoms with Crippen LogP contribution in [0, 0.1) is 0 Å². The topological polar surface area (TPSA) is 339 Å². The molecule has 23 nitrogen and oxygen atoms in total. The van der Waals surface area contributed by atoms with Crippen LogP contribution >= 0.6 is 15.6 Å². The van der Waals surface area contributed by atoms with Crippen molar-refractivity contribution in [1.82, 2.24) is 39.0 Å². The SMILES string of the molecule is Nc1nc(N)c2ncn([C@@H]3O[C@@H]4COP(=O)(O)O[C@@H]5C(O)[C@H](n6cnc7c(N)ncnc76)O[C@@H]5COP(=O)([O-])OC3[C@H]4O)c2n1. The molecule has 242 valence electrons. The minimum Gasteiger partial charge on any atom is -0.756 e. The van der Waals surface area contributed by atoms with Gasteiger partial charge in [-0.25, -0.2) is 24.5 Å². The highest BCUT2D eigenvalue weighted by molar-refractivity contribution is 7.47. The minimum absolute atomic E-state index is 0.00702. The Kier molecular flexibility index (Phi) is 7.27. The Morgan fingerprint density at radius 2 is 1.47 bits per heavy atom. The van der Waals surface area contributed by atoms with E-state index in [1.165, 1.54) is 21.8 Å². The molecule has 2 bridgehead atoms. The van der Waals surface area contributed by atoms with Crippen molar-refractivity contribution < 1.29 is 56.7 Å². The van der Waals surface area contributed by atoms with Crippen LogP contribution in [0.25, 0.3) is 22.3 Å². The Hall–Kier alpha value is -3.44. The van der Waals surface area contributed by atoms with Crippen LogP contribution in [0.5, 0.6) is 0 Å². The highest BCUT2D eigenvalue weighted by Gasteiger charge is 2.52. The second-order valence-electron chi connectivity index (χ2n) is 10.1. The predicted octanol–water partition coefficient (Wildman–Crippen LogP) is -2.68. The summed E-state index contributed by atoms with van der Waals surface area (Å²) in [5.41, 5.74) is 17.8. The van der Waals surface area contributed by atoms with E-state index in [4.69, 9.17) is 44.8 Å². The lowest BCUT2D eigenvalue weighted by Gasteiger charge is -2.31. The van der Waals surface area contributed by atoms with Gasteiger partial charge in [0.05, 0.1) is 25.9 Å². The summed E-state index contributed by atoms with van der Waals surface area (Å²) in [5, 5.41) is 22.1. The van der Waals surface area contributed by atoms with Crippen LogP contribution in [-0.2, 0) is 36.7 Å². The molecular weight excluding hydrogens is 648 g/mol. The molecule has 0 spiro atoms. The van der Waals surface area contributed by atoms with Crippen molar-refractivity contribution in [2.45, 2.75) is 49.1 Å². The van der Waals surface area contributed by atoms with E-state index in [9.17, 15) is 29.1 Å². The molecule has 45 heavy (non-hydrogen) atoms. The zero-order chi connectivity index (χ0) is 31.8. The summed E-state index contributed by atoms with van der Waals surface area (Å²) in [6, 6.07) is 0. The first-order valence-electron chi connectivity index (χ1n) is 13.0. The number of anilines is 3. The number of nitrogen functional groups attached to an aromatic ring is 3. The molecule has 4 aromatic heterocycles. The van der Waals surface area contributed by atoms with Gasteiger partial charge in [-0.15, -0.1) is 0 Å². The number of ether oxygens (including phenoxy) is 2. The van der Waals surface area contributed by atoms with Crippen LogP contribution < -0.4 is 22.1 Å². The second-order valence-corrected chi connectivity index (χ2v) is 12.9. The van der Waals surface area contributed by atoms with Crippen molar-refractivity contribution >= 4 is 55.6 Å². The van der Waals surface area contributed by atoms with E-state index < -0.39 is 77.9 Å². The van der Waals surface area contributed by atoms with Gasteiger partial charge < -0.3 is 55.7 Å². The molecule has 4 unspecified atom stereocenters. The van der Waals surface area contributed by atoms with Gasteiger partial charge in [-0.1, -0.05) is 0 Å². The van der Waals surface area contributed by atoms with Gasteiger partial charge in [-0.05, 0) is 0 Å². The molecule has 0 amide bonds. The largest absolute Gasteiger partial charge is 0.756 e. The fraction of sp³-hybridized carbons (Fsp3) is 0.500. The fourth-order valence-electron chi connectivity index (χ4n) is 5.30. The van der Waals surface area contributed by atoms with Gasteiger partial charge in [-0.3, -0.25) is 22.7 Å². The van der Waals surface area contributed by atoms with Crippen LogP contribution in [0.3, 0.4) is 0 Å². The monoisotopic (exact) mass is 672 g/mol. The Balaban J connectivity index is 1.20. The summed E-state index contributed by atoms with van der Waals surface area (Å²) in [5.74, 6) is -0.287. The average molecular weight is 672 g/mol. The summed E-state index contributed by atoms with van der Waals surface area (Å²) >= 11 is 0. The molecular formula is C20H24N11O12P2-. The number of aromatic nitrogens is 8. The van der Waals surface area contributed by atoms with E-state index >= 15 is 0 Å². The Bertz CT molecular complexity index is 1880. The maximum Gasteiger partial charge on any atom is 0.472 e. The smallest absolute Gasteiger partial charge is 0.472 e. The number of hydrogen-bond acceptors (Lipinski definition) is 20. The van der Waals surface area contributed by atoms with Gasteiger partial charge in [0.15, 0.2) is 35.4 Å².